The standard InChI is InChI=1S/C26H23N3O4/c1-32-22-16-21(29-26(31)18-8-4-3-5-9-18)23(33-2)15-20(22)28-24(30)14-19-11-6-10-17-12-7-13-27-25(17)19/h3-13,15-16H,14H2,1-2H3,(H,28,30)(H,29,31). The Morgan fingerprint density at radius 3 is 2.18 bits per heavy atom. The van der Waals surface area contributed by atoms with Crippen LogP contribution in [0.1, 0.15) is 15.9 Å². The first-order chi connectivity index (χ1) is 16.1. The lowest BCUT2D eigenvalue weighted by molar-refractivity contribution is -0.115. The number of anilines is 2. The number of nitrogens with one attached hydrogen (secondary N) is 2. The fourth-order valence-corrected chi connectivity index (χ4v) is 3.55. The summed E-state index contributed by atoms with van der Waals surface area (Å²) in [5.74, 6) is 0.275. The number of amides is 2. The molecule has 7 heteroatoms. The summed E-state index contributed by atoms with van der Waals surface area (Å²) in [7, 11) is 2.99. The molecule has 0 saturated carbocycles. The third-order valence-corrected chi connectivity index (χ3v) is 5.15. The van der Waals surface area contributed by atoms with E-state index in [1.54, 1.807) is 42.6 Å². The van der Waals surface area contributed by atoms with E-state index in [4.69, 9.17) is 9.47 Å². The average Bonchev–Trinajstić information content (AvgIpc) is 2.85. The van der Waals surface area contributed by atoms with Crippen molar-refractivity contribution in [3.8, 4) is 11.5 Å². The van der Waals surface area contributed by atoms with Gasteiger partial charge in [0, 0.05) is 29.3 Å². The number of hydrogen-bond acceptors (Lipinski definition) is 5. The van der Waals surface area contributed by atoms with Gasteiger partial charge in [0.05, 0.1) is 37.5 Å². The van der Waals surface area contributed by atoms with Crippen molar-refractivity contribution in [1.82, 2.24) is 4.98 Å². The Hall–Kier alpha value is -4.39. The minimum absolute atomic E-state index is 0.145. The van der Waals surface area contributed by atoms with Gasteiger partial charge >= 0.3 is 0 Å². The highest BCUT2D eigenvalue weighted by Crippen LogP contribution is 2.36. The third-order valence-electron chi connectivity index (χ3n) is 5.15. The van der Waals surface area contributed by atoms with Crippen LogP contribution in [0, 0.1) is 0 Å². The average molecular weight is 441 g/mol. The molecule has 0 bridgehead atoms. The lowest BCUT2D eigenvalue weighted by Crippen LogP contribution is -2.16. The summed E-state index contributed by atoms with van der Waals surface area (Å²) in [5.41, 5.74) is 2.99. The van der Waals surface area contributed by atoms with Crippen LogP contribution in [0.3, 0.4) is 0 Å². The van der Waals surface area contributed by atoms with Crippen molar-refractivity contribution >= 4 is 34.1 Å². The van der Waals surface area contributed by atoms with Gasteiger partial charge < -0.3 is 20.1 Å². The zero-order valence-corrected chi connectivity index (χ0v) is 18.3. The maximum absolute atomic E-state index is 12.8. The summed E-state index contributed by atoms with van der Waals surface area (Å²) in [6.45, 7) is 0. The Bertz CT molecular complexity index is 1300. The molecular formula is C26H23N3O4. The number of ether oxygens (including phenoxy) is 2. The lowest BCUT2D eigenvalue weighted by atomic mass is 10.1. The number of rotatable bonds is 7. The molecule has 1 heterocycles. The Kier molecular flexibility index (Phi) is 6.50. The number of benzene rings is 3. The Morgan fingerprint density at radius 1 is 0.818 bits per heavy atom. The van der Waals surface area contributed by atoms with Gasteiger partial charge in [0.1, 0.15) is 11.5 Å². The molecule has 0 spiro atoms. The maximum Gasteiger partial charge on any atom is 0.255 e. The molecule has 2 amide bonds. The summed E-state index contributed by atoms with van der Waals surface area (Å²) in [4.78, 5) is 29.8. The van der Waals surface area contributed by atoms with E-state index in [-0.39, 0.29) is 18.2 Å². The first-order valence-electron chi connectivity index (χ1n) is 10.3. The van der Waals surface area contributed by atoms with Gasteiger partial charge in [-0.15, -0.1) is 0 Å². The molecule has 2 N–H and O–H groups in total. The van der Waals surface area contributed by atoms with E-state index in [0.717, 1.165) is 16.5 Å². The van der Waals surface area contributed by atoms with Crippen molar-refractivity contribution in [2.24, 2.45) is 0 Å². The second-order valence-corrected chi connectivity index (χ2v) is 7.29. The zero-order chi connectivity index (χ0) is 23.2. The molecule has 4 aromatic rings. The molecule has 33 heavy (non-hydrogen) atoms. The molecule has 3 aromatic carbocycles. The first-order valence-corrected chi connectivity index (χ1v) is 10.3. The van der Waals surface area contributed by atoms with Gasteiger partial charge in [-0.05, 0) is 23.8 Å². The molecule has 0 fully saturated rings. The number of para-hydroxylation sites is 1. The Morgan fingerprint density at radius 2 is 1.48 bits per heavy atom. The van der Waals surface area contributed by atoms with Crippen LogP contribution in [0.15, 0.2) is 79.0 Å². The van der Waals surface area contributed by atoms with E-state index < -0.39 is 0 Å². The van der Waals surface area contributed by atoms with Crippen molar-refractivity contribution in [2.45, 2.75) is 6.42 Å². The van der Waals surface area contributed by atoms with E-state index in [1.165, 1.54) is 14.2 Å². The highest BCUT2D eigenvalue weighted by atomic mass is 16.5. The monoisotopic (exact) mass is 441 g/mol. The summed E-state index contributed by atoms with van der Waals surface area (Å²) >= 11 is 0. The topological polar surface area (TPSA) is 89.5 Å². The Labute approximate surface area is 191 Å². The highest BCUT2D eigenvalue weighted by Gasteiger charge is 2.17. The van der Waals surface area contributed by atoms with Crippen LogP contribution in [0.2, 0.25) is 0 Å². The van der Waals surface area contributed by atoms with E-state index in [9.17, 15) is 9.59 Å². The normalized spacial score (nSPS) is 10.5. The summed E-state index contributed by atoms with van der Waals surface area (Å²) < 4.78 is 10.9. The molecule has 0 unspecified atom stereocenters. The maximum atomic E-state index is 12.8. The summed E-state index contributed by atoms with van der Waals surface area (Å²) in [6, 6.07) is 21.7. The van der Waals surface area contributed by atoms with Crippen LogP contribution >= 0.6 is 0 Å². The molecule has 0 aliphatic heterocycles. The molecule has 7 nitrogen and oxygen atoms in total. The van der Waals surface area contributed by atoms with Crippen LogP contribution in [0.25, 0.3) is 10.9 Å². The van der Waals surface area contributed by atoms with Crippen LogP contribution in [0.5, 0.6) is 11.5 Å². The third kappa shape index (κ3) is 4.93. The first kappa shape index (κ1) is 21.8. The van der Waals surface area contributed by atoms with E-state index >= 15 is 0 Å². The van der Waals surface area contributed by atoms with Gasteiger partial charge in [-0.3, -0.25) is 14.6 Å². The van der Waals surface area contributed by atoms with Crippen LogP contribution < -0.4 is 20.1 Å². The van der Waals surface area contributed by atoms with Gasteiger partial charge in [-0.2, -0.15) is 0 Å². The zero-order valence-electron chi connectivity index (χ0n) is 18.3. The Balaban J connectivity index is 1.56. The SMILES string of the molecule is COc1cc(NC(=O)c2ccccc2)c(OC)cc1NC(=O)Cc1cccc2cccnc12. The number of hydrogen-bond donors (Lipinski definition) is 2. The number of carbonyl (C=O) groups is 2. The number of carbonyl (C=O) groups excluding carboxylic acids is 2. The number of aromatic nitrogens is 1. The summed E-state index contributed by atoms with van der Waals surface area (Å²) in [6.07, 6.45) is 1.85. The second-order valence-electron chi connectivity index (χ2n) is 7.29. The predicted octanol–water partition coefficient (Wildman–Crippen LogP) is 4.69. The van der Waals surface area contributed by atoms with Crippen molar-refractivity contribution in [3.05, 3.63) is 90.1 Å². The van der Waals surface area contributed by atoms with E-state index in [1.807, 2.05) is 36.4 Å². The quantitative estimate of drug-likeness (QED) is 0.434. The molecule has 166 valence electrons. The van der Waals surface area contributed by atoms with Crippen molar-refractivity contribution < 1.29 is 19.1 Å². The summed E-state index contributed by atoms with van der Waals surface area (Å²) in [5, 5.41) is 6.68. The van der Waals surface area contributed by atoms with Gasteiger partial charge in [0.15, 0.2) is 0 Å². The van der Waals surface area contributed by atoms with Crippen LogP contribution in [-0.2, 0) is 11.2 Å². The molecule has 0 aliphatic carbocycles. The lowest BCUT2D eigenvalue weighted by Gasteiger charge is -2.16. The number of methoxy groups -OCH3 is 2. The predicted molar refractivity (Wildman–Crippen MR) is 128 cm³/mol. The number of pyridine rings is 1. The molecule has 1 aromatic heterocycles. The minimum Gasteiger partial charge on any atom is -0.494 e. The minimum atomic E-state index is -0.281. The van der Waals surface area contributed by atoms with Gasteiger partial charge in [0.2, 0.25) is 5.91 Å². The molecule has 0 saturated heterocycles. The smallest absolute Gasteiger partial charge is 0.255 e. The highest BCUT2D eigenvalue weighted by molar-refractivity contribution is 6.05. The molecule has 0 aliphatic rings. The largest absolute Gasteiger partial charge is 0.494 e. The number of fused-ring (bicyclic) bond motifs is 1. The second kappa shape index (κ2) is 9.82. The fraction of sp³-hybridized carbons (Fsp3) is 0.115. The van der Waals surface area contributed by atoms with Crippen molar-refractivity contribution in [2.75, 3.05) is 24.9 Å². The van der Waals surface area contributed by atoms with Crippen molar-refractivity contribution in [1.29, 1.82) is 0 Å². The fourth-order valence-electron chi connectivity index (χ4n) is 3.55. The van der Waals surface area contributed by atoms with E-state index in [2.05, 4.69) is 15.6 Å². The van der Waals surface area contributed by atoms with Gasteiger partial charge in [-0.25, -0.2) is 0 Å². The van der Waals surface area contributed by atoms with Gasteiger partial charge in [-0.1, -0.05) is 42.5 Å². The molecule has 0 radical (unpaired) electrons. The van der Waals surface area contributed by atoms with Gasteiger partial charge in [0.25, 0.3) is 5.91 Å². The molecule has 0 atom stereocenters. The van der Waals surface area contributed by atoms with E-state index in [0.29, 0.717) is 28.4 Å². The molecular weight excluding hydrogens is 418 g/mol. The number of nitrogens with zero attached hydrogens (tertiary/aromatic N) is 1. The van der Waals surface area contributed by atoms with Crippen molar-refractivity contribution in [3.63, 3.8) is 0 Å². The molecule has 4 rings (SSSR count). The van der Waals surface area contributed by atoms with Crippen LogP contribution in [0.4, 0.5) is 11.4 Å². The van der Waals surface area contributed by atoms with Crippen LogP contribution in [-0.4, -0.2) is 31.0 Å².